The van der Waals surface area contributed by atoms with Crippen LogP contribution in [0.5, 0.6) is 5.75 Å². The predicted octanol–water partition coefficient (Wildman–Crippen LogP) is 4.03. The minimum atomic E-state index is -0.282. The van der Waals surface area contributed by atoms with E-state index in [0.29, 0.717) is 30.7 Å². The first-order chi connectivity index (χ1) is 14.6. The van der Waals surface area contributed by atoms with Crippen molar-refractivity contribution in [1.82, 2.24) is 14.9 Å². The van der Waals surface area contributed by atoms with Gasteiger partial charge in [-0.25, -0.2) is 9.18 Å². The predicted molar refractivity (Wildman–Crippen MR) is 115 cm³/mol. The number of hydrogen-bond acceptors (Lipinski definition) is 5. The topological polar surface area (TPSA) is 70.7 Å². The minimum absolute atomic E-state index is 0.183. The molecule has 2 aliphatic carbocycles. The molecule has 4 rings (SSSR count). The second kappa shape index (κ2) is 10.0. The van der Waals surface area contributed by atoms with E-state index in [0.717, 1.165) is 30.6 Å². The van der Waals surface area contributed by atoms with Gasteiger partial charge in [-0.2, -0.15) is 0 Å². The third kappa shape index (κ3) is 6.11. The van der Waals surface area contributed by atoms with Crippen molar-refractivity contribution in [3.8, 4) is 5.75 Å². The van der Waals surface area contributed by atoms with E-state index in [2.05, 4.69) is 10.0 Å². The number of carbonyl (C=O) groups excluding carboxylic acids is 2. The summed E-state index contributed by atoms with van der Waals surface area (Å²) in [5, 5.41) is 2.30. The SMILES string of the molecule is O=C1CN(CCCCCSNC(c2ccc(F)c(OCC3CC3)c2)C2CC2)C(=O)N1. The summed E-state index contributed by atoms with van der Waals surface area (Å²) >= 11 is 1.71. The number of nitrogens with zero attached hydrogens (tertiary/aromatic N) is 1. The lowest BCUT2D eigenvalue weighted by atomic mass is 10.0. The van der Waals surface area contributed by atoms with E-state index in [1.165, 1.54) is 31.7 Å². The van der Waals surface area contributed by atoms with Crippen molar-refractivity contribution in [2.75, 3.05) is 25.4 Å². The summed E-state index contributed by atoms with van der Waals surface area (Å²) in [6.07, 6.45) is 7.72. The molecule has 3 fully saturated rings. The lowest BCUT2D eigenvalue weighted by Crippen LogP contribution is -2.29. The number of urea groups is 1. The number of amides is 3. The molecule has 1 atom stereocenters. The summed E-state index contributed by atoms with van der Waals surface area (Å²) in [5.74, 6) is 2.05. The summed E-state index contributed by atoms with van der Waals surface area (Å²) in [6, 6.07) is 5.22. The molecule has 3 aliphatic rings. The Balaban J connectivity index is 1.17. The molecule has 30 heavy (non-hydrogen) atoms. The van der Waals surface area contributed by atoms with Gasteiger partial charge in [-0.1, -0.05) is 24.4 Å². The quantitative estimate of drug-likeness (QED) is 0.278. The van der Waals surface area contributed by atoms with Gasteiger partial charge in [0, 0.05) is 18.3 Å². The van der Waals surface area contributed by atoms with Crippen molar-refractivity contribution in [3.05, 3.63) is 29.6 Å². The molecule has 8 heteroatoms. The molecule has 2 saturated carbocycles. The standard InChI is InChI=1S/C22H30FN3O3S/c23-18-9-8-17(12-19(18)29-14-15-4-5-15)21(16-6-7-16)25-30-11-3-1-2-10-26-13-20(27)24-22(26)28/h8-9,12,15-16,21,25H,1-7,10-11,13-14H2,(H,24,27,28). The summed E-state index contributed by atoms with van der Waals surface area (Å²) < 4.78 is 23.4. The van der Waals surface area contributed by atoms with Crippen LogP contribution in [0.4, 0.5) is 9.18 Å². The maximum absolute atomic E-state index is 14.1. The van der Waals surface area contributed by atoms with Crippen LogP contribution in [-0.2, 0) is 4.79 Å². The Kier molecular flexibility index (Phi) is 7.15. The lowest BCUT2D eigenvalue weighted by Gasteiger charge is -2.19. The maximum Gasteiger partial charge on any atom is 0.324 e. The van der Waals surface area contributed by atoms with E-state index in [1.54, 1.807) is 16.8 Å². The lowest BCUT2D eigenvalue weighted by molar-refractivity contribution is -0.118. The number of halogens is 1. The number of unbranched alkanes of at least 4 members (excludes halogenated alkanes) is 2. The van der Waals surface area contributed by atoms with Gasteiger partial charge in [0.2, 0.25) is 5.91 Å². The third-order valence-electron chi connectivity index (χ3n) is 5.83. The number of carbonyl (C=O) groups is 2. The molecule has 1 aromatic rings. The van der Waals surface area contributed by atoms with E-state index < -0.39 is 0 Å². The van der Waals surface area contributed by atoms with E-state index in [-0.39, 0.29) is 30.3 Å². The number of imide groups is 1. The van der Waals surface area contributed by atoms with Gasteiger partial charge < -0.3 is 9.64 Å². The number of ether oxygens (including phenoxy) is 1. The highest BCUT2D eigenvalue weighted by Crippen LogP contribution is 2.43. The minimum Gasteiger partial charge on any atom is -0.490 e. The van der Waals surface area contributed by atoms with Gasteiger partial charge in [0.25, 0.3) is 0 Å². The summed E-state index contributed by atoms with van der Waals surface area (Å²) in [4.78, 5) is 24.2. The molecule has 1 aromatic carbocycles. The Morgan fingerprint density at radius 3 is 2.73 bits per heavy atom. The van der Waals surface area contributed by atoms with Gasteiger partial charge in [0.15, 0.2) is 11.6 Å². The molecule has 0 radical (unpaired) electrons. The van der Waals surface area contributed by atoms with Crippen molar-refractivity contribution in [2.24, 2.45) is 11.8 Å². The molecule has 1 unspecified atom stereocenters. The van der Waals surface area contributed by atoms with Gasteiger partial charge >= 0.3 is 6.03 Å². The molecule has 164 valence electrons. The van der Waals surface area contributed by atoms with E-state index in [1.807, 2.05) is 12.1 Å². The van der Waals surface area contributed by atoms with Crippen molar-refractivity contribution >= 4 is 23.9 Å². The zero-order valence-corrected chi connectivity index (χ0v) is 18.0. The Morgan fingerprint density at radius 1 is 1.20 bits per heavy atom. The monoisotopic (exact) mass is 435 g/mol. The smallest absolute Gasteiger partial charge is 0.324 e. The van der Waals surface area contributed by atoms with E-state index in [9.17, 15) is 14.0 Å². The first kappa shape index (κ1) is 21.4. The molecule has 2 N–H and O–H groups in total. The Bertz CT molecular complexity index is 770. The summed E-state index contributed by atoms with van der Waals surface area (Å²) in [5.41, 5.74) is 1.10. The second-order valence-electron chi connectivity index (χ2n) is 8.56. The van der Waals surface area contributed by atoms with Crippen LogP contribution in [0.15, 0.2) is 18.2 Å². The first-order valence-electron chi connectivity index (χ1n) is 11.0. The first-order valence-corrected chi connectivity index (χ1v) is 12.0. The van der Waals surface area contributed by atoms with Crippen molar-refractivity contribution < 1.29 is 18.7 Å². The summed E-state index contributed by atoms with van der Waals surface area (Å²) in [7, 11) is 0. The molecule has 0 spiro atoms. The van der Waals surface area contributed by atoms with Crippen molar-refractivity contribution in [3.63, 3.8) is 0 Å². The third-order valence-corrected chi connectivity index (χ3v) is 6.75. The van der Waals surface area contributed by atoms with Gasteiger partial charge in [-0.3, -0.25) is 14.8 Å². The average Bonchev–Trinajstić information content (AvgIpc) is 3.63. The Hall–Kier alpha value is -1.80. The molecular weight excluding hydrogens is 405 g/mol. The number of hydrogen-bond donors (Lipinski definition) is 2. The average molecular weight is 436 g/mol. The molecule has 1 aliphatic heterocycles. The highest BCUT2D eigenvalue weighted by molar-refractivity contribution is 7.97. The van der Waals surface area contributed by atoms with Crippen molar-refractivity contribution in [1.29, 1.82) is 0 Å². The van der Waals surface area contributed by atoms with Gasteiger partial charge in [-0.05, 0) is 68.1 Å². The van der Waals surface area contributed by atoms with Crippen molar-refractivity contribution in [2.45, 2.75) is 51.0 Å². The Morgan fingerprint density at radius 2 is 2.03 bits per heavy atom. The highest BCUT2D eigenvalue weighted by atomic mass is 32.2. The van der Waals surface area contributed by atoms with Crippen LogP contribution in [0, 0.1) is 17.7 Å². The fourth-order valence-corrected chi connectivity index (χ4v) is 4.62. The molecular formula is C22H30FN3O3S. The zero-order chi connectivity index (χ0) is 20.9. The molecule has 0 bridgehead atoms. The fourth-order valence-electron chi connectivity index (χ4n) is 3.65. The highest BCUT2D eigenvalue weighted by Gasteiger charge is 2.33. The molecule has 3 amide bonds. The number of nitrogens with one attached hydrogen (secondary N) is 2. The van der Waals surface area contributed by atoms with Crippen LogP contribution >= 0.6 is 11.9 Å². The van der Waals surface area contributed by atoms with E-state index >= 15 is 0 Å². The normalized spacial score (nSPS) is 19.8. The number of rotatable bonds is 13. The van der Waals surface area contributed by atoms with Crippen LogP contribution in [0.2, 0.25) is 0 Å². The van der Waals surface area contributed by atoms with Gasteiger partial charge in [0.05, 0.1) is 6.61 Å². The largest absolute Gasteiger partial charge is 0.490 e. The van der Waals surface area contributed by atoms with Gasteiger partial charge in [-0.15, -0.1) is 0 Å². The molecule has 1 heterocycles. The Labute approximate surface area is 181 Å². The van der Waals surface area contributed by atoms with Gasteiger partial charge in [0.1, 0.15) is 6.54 Å². The second-order valence-corrected chi connectivity index (χ2v) is 9.49. The van der Waals surface area contributed by atoms with Crippen LogP contribution in [0.25, 0.3) is 0 Å². The number of benzene rings is 1. The maximum atomic E-state index is 14.1. The van der Waals surface area contributed by atoms with Crippen LogP contribution in [0.3, 0.4) is 0 Å². The van der Waals surface area contributed by atoms with Crippen LogP contribution in [0.1, 0.15) is 56.6 Å². The molecule has 1 saturated heterocycles. The summed E-state index contributed by atoms with van der Waals surface area (Å²) in [6.45, 7) is 1.42. The zero-order valence-electron chi connectivity index (χ0n) is 17.2. The molecule has 6 nitrogen and oxygen atoms in total. The van der Waals surface area contributed by atoms with E-state index in [4.69, 9.17) is 4.74 Å². The fraction of sp³-hybridized carbons (Fsp3) is 0.636. The van der Waals surface area contributed by atoms with Crippen LogP contribution in [-0.4, -0.2) is 42.3 Å². The molecule has 0 aromatic heterocycles. The van der Waals surface area contributed by atoms with Crippen LogP contribution < -0.4 is 14.8 Å².